The molecule has 0 radical (unpaired) electrons. The fraction of sp³-hybridized carbons (Fsp3) is 0.588. The van der Waals surface area contributed by atoms with Crippen molar-refractivity contribution in [3.05, 3.63) is 30.1 Å². The van der Waals surface area contributed by atoms with Gasteiger partial charge in [0.15, 0.2) is 11.6 Å². The molecule has 1 aliphatic rings. The van der Waals surface area contributed by atoms with E-state index >= 15 is 0 Å². The van der Waals surface area contributed by atoms with Crippen LogP contribution in [0.25, 0.3) is 0 Å². The number of carbonyl (C=O) groups excluding carboxylic acids is 1. The highest BCUT2D eigenvalue weighted by molar-refractivity contribution is 5.75. The number of likely N-dealkylation sites (N-methyl/N-ethyl adjacent to an activating group) is 1. The van der Waals surface area contributed by atoms with Crippen molar-refractivity contribution in [1.82, 2.24) is 15.1 Å². The van der Waals surface area contributed by atoms with Crippen LogP contribution in [0.5, 0.6) is 5.75 Å². The Kier molecular flexibility index (Phi) is 5.82. The minimum absolute atomic E-state index is 0.0918. The number of rotatable bonds is 6. The second-order valence-electron chi connectivity index (χ2n) is 6.54. The van der Waals surface area contributed by atoms with Crippen molar-refractivity contribution in [3.8, 4) is 5.75 Å². The first-order chi connectivity index (χ1) is 10.9. The van der Waals surface area contributed by atoms with Gasteiger partial charge < -0.3 is 19.9 Å². The van der Waals surface area contributed by atoms with Crippen molar-refractivity contribution in [2.24, 2.45) is 5.92 Å². The van der Waals surface area contributed by atoms with Gasteiger partial charge in [-0.25, -0.2) is 9.18 Å². The molecule has 23 heavy (non-hydrogen) atoms. The lowest BCUT2D eigenvalue weighted by Crippen LogP contribution is -2.60. The Morgan fingerprint density at radius 3 is 2.61 bits per heavy atom. The third kappa shape index (κ3) is 4.58. The molecule has 2 amide bonds. The van der Waals surface area contributed by atoms with E-state index in [0.717, 1.165) is 0 Å². The monoisotopic (exact) mass is 323 g/mol. The largest absolute Gasteiger partial charge is 0.484 e. The van der Waals surface area contributed by atoms with E-state index in [4.69, 9.17) is 4.74 Å². The molecule has 1 aromatic rings. The predicted octanol–water partition coefficient (Wildman–Crippen LogP) is 2.18. The van der Waals surface area contributed by atoms with Crippen molar-refractivity contribution in [1.29, 1.82) is 0 Å². The lowest BCUT2D eigenvalue weighted by Gasteiger charge is -2.39. The summed E-state index contributed by atoms with van der Waals surface area (Å²) in [6.45, 7) is 5.85. The first kappa shape index (κ1) is 17.5. The van der Waals surface area contributed by atoms with Gasteiger partial charge in [-0.1, -0.05) is 26.0 Å². The number of ether oxygens (including phenoxy) is 1. The number of likely N-dealkylation sites (tertiary alicyclic amines) is 1. The molecule has 0 unspecified atom stereocenters. The van der Waals surface area contributed by atoms with Gasteiger partial charge in [-0.15, -0.1) is 0 Å². The number of urea groups is 1. The Hall–Kier alpha value is -1.82. The molecule has 128 valence electrons. The molecular weight excluding hydrogens is 297 g/mol. The molecule has 0 spiro atoms. The number of halogens is 1. The van der Waals surface area contributed by atoms with Gasteiger partial charge in [0, 0.05) is 12.6 Å². The Bertz CT molecular complexity index is 522. The van der Waals surface area contributed by atoms with Gasteiger partial charge in [0.25, 0.3) is 0 Å². The lowest BCUT2D eigenvalue weighted by molar-refractivity contribution is 0.0411. The molecule has 0 saturated carbocycles. The first-order valence-electron chi connectivity index (χ1n) is 7.99. The van der Waals surface area contributed by atoms with E-state index in [-0.39, 0.29) is 23.7 Å². The Balaban J connectivity index is 1.74. The number of carbonyl (C=O) groups is 1. The summed E-state index contributed by atoms with van der Waals surface area (Å²) >= 11 is 0. The maximum Gasteiger partial charge on any atom is 0.317 e. The van der Waals surface area contributed by atoms with Crippen LogP contribution in [-0.4, -0.2) is 61.7 Å². The van der Waals surface area contributed by atoms with Gasteiger partial charge >= 0.3 is 6.03 Å². The molecular formula is C17H26FN3O2. The van der Waals surface area contributed by atoms with Crippen LogP contribution in [0.15, 0.2) is 24.3 Å². The Labute approximate surface area is 137 Å². The third-order valence-corrected chi connectivity index (χ3v) is 4.16. The van der Waals surface area contributed by atoms with E-state index in [1.165, 1.54) is 6.07 Å². The zero-order valence-electron chi connectivity index (χ0n) is 14.3. The number of nitrogens with zero attached hydrogens (tertiary/aromatic N) is 2. The Morgan fingerprint density at radius 1 is 1.39 bits per heavy atom. The molecule has 1 heterocycles. The van der Waals surface area contributed by atoms with Crippen LogP contribution in [0.1, 0.15) is 13.8 Å². The molecule has 0 bridgehead atoms. The van der Waals surface area contributed by atoms with Crippen molar-refractivity contribution in [3.63, 3.8) is 0 Å². The molecule has 1 N–H and O–H groups in total. The summed E-state index contributed by atoms with van der Waals surface area (Å²) in [6, 6.07) is 6.53. The topological polar surface area (TPSA) is 44.8 Å². The predicted molar refractivity (Wildman–Crippen MR) is 88.1 cm³/mol. The standard InChI is InChI=1S/C17H26FN3O2/c1-12(2)15(20(3)4)9-19-17(22)21-10-13(11-21)23-16-8-6-5-7-14(16)18/h5-8,12-13,15H,9-11H2,1-4H3,(H,19,22)/t15-/m0/s1. The lowest BCUT2D eigenvalue weighted by atomic mass is 10.0. The first-order valence-corrected chi connectivity index (χ1v) is 7.99. The molecule has 1 fully saturated rings. The van der Waals surface area contributed by atoms with Crippen LogP contribution in [0.4, 0.5) is 9.18 Å². The number of hydrogen-bond acceptors (Lipinski definition) is 3. The zero-order valence-corrected chi connectivity index (χ0v) is 14.3. The highest BCUT2D eigenvalue weighted by Crippen LogP contribution is 2.21. The van der Waals surface area contributed by atoms with Crippen LogP contribution in [0.3, 0.4) is 0 Å². The fourth-order valence-electron chi connectivity index (χ4n) is 2.72. The Morgan fingerprint density at radius 2 is 2.04 bits per heavy atom. The fourth-order valence-corrected chi connectivity index (χ4v) is 2.72. The van der Waals surface area contributed by atoms with Crippen molar-refractivity contribution in [2.45, 2.75) is 26.0 Å². The molecule has 1 saturated heterocycles. The summed E-state index contributed by atoms with van der Waals surface area (Å²) in [4.78, 5) is 15.9. The smallest absolute Gasteiger partial charge is 0.317 e. The number of nitrogens with one attached hydrogen (secondary N) is 1. The van der Waals surface area contributed by atoms with Crippen LogP contribution < -0.4 is 10.1 Å². The van der Waals surface area contributed by atoms with Gasteiger partial charge in [-0.3, -0.25) is 0 Å². The minimum Gasteiger partial charge on any atom is -0.484 e. The summed E-state index contributed by atoms with van der Waals surface area (Å²) in [6.07, 6.45) is -0.146. The highest BCUT2D eigenvalue weighted by atomic mass is 19.1. The summed E-state index contributed by atoms with van der Waals surface area (Å²) < 4.78 is 19.1. The average molecular weight is 323 g/mol. The molecule has 0 aromatic heterocycles. The van der Waals surface area contributed by atoms with Gasteiger partial charge in [-0.2, -0.15) is 0 Å². The number of amides is 2. The molecule has 1 atom stereocenters. The van der Waals surface area contributed by atoms with E-state index in [2.05, 4.69) is 24.1 Å². The van der Waals surface area contributed by atoms with E-state index in [1.54, 1.807) is 23.1 Å². The summed E-state index contributed by atoms with van der Waals surface area (Å²) in [7, 11) is 4.03. The summed E-state index contributed by atoms with van der Waals surface area (Å²) in [5.41, 5.74) is 0. The SMILES string of the molecule is CC(C)[C@H](CNC(=O)N1CC(Oc2ccccc2F)C1)N(C)C. The maximum absolute atomic E-state index is 13.5. The van der Waals surface area contributed by atoms with E-state index in [0.29, 0.717) is 31.6 Å². The zero-order chi connectivity index (χ0) is 17.0. The summed E-state index contributed by atoms with van der Waals surface area (Å²) in [5, 5.41) is 2.96. The van der Waals surface area contributed by atoms with Crippen LogP contribution in [0, 0.1) is 11.7 Å². The molecule has 1 aliphatic heterocycles. The van der Waals surface area contributed by atoms with E-state index in [9.17, 15) is 9.18 Å². The van der Waals surface area contributed by atoms with Gasteiger partial charge in [-0.05, 0) is 32.1 Å². The van der Waals surface area contributed by atoms with E-state index in [1.807, 2.05) is 14.1 Å². The summed E-state index contributed by atoms with van der Waals surface area (Å²) in [5.74, 6) is 0.324. The van der Waals surface area contributed by atoms with Gasteiger partial charge in [0.05, 0.1) is 13.1 Å². The van der Waals surface area contributed by atoms with Gasteiger partial charge in [0.1, 0.15) is 6.10 Å². The van der Waals surface area contributed by atoms with Crippen LogP contribution in [0.2, 0.25) is 0 Å². The number of benzene rings is 1. The maximum atomic E-state index is 13.5. The highest BCUT2D eigenvalue weighted by Gasteiger charge is 2.33. The normalized spacial score (nSPS) is 16.4. The molecule has 1 aromatic carbocycles. The molecule has 0 aliphatic carbocycles. The second-order valence-corrected chi connectivity index (χ2v) is 6.54. The second kappa shape index (κ2) is 7.64. The van der Waals surface area contributed by atoms with Crippen LogP contribution in [-0.2, 0) is 0 Å². The quantitative estimate of drug-likeness (QED) is 0.873. The van der Waals surface area contributed by atoms with Crippen molar-refractivity contribution >= 4 is 6.03 Å². The van der Waals surface area contributed by atoms with Crippen molar-refractivity contribution in [2.75, 3.05) is 33.7 Å². The van der Waals surface area contributed by atoms with Crippen LogP contribution >= 0.6 is 0 Å². The molecule has 6 heteroatoms. The minimum atomic E-state index is -0.374. The van der Waals surface area contributed by atoms with Crippen molar-refractivity contribution < 1.29 is 13.9 Å². The third-order valence-electron chi connectivity index (χ3n) is 4.16. The molecule has 2 rings (SSSR count). The molecule has 5 nitrogen and oxygen atoms in total. The van der Waals surface area contributed by atoms with E-state index < -0.39 is 0 Å². The average Bonchev–Trinajstić information content (AvgIpc) is 2.43. The van der Waals surface area contributed by atoms with Gasteiger partial charge in [0.2, 0.25) is 0 Å². The number of hydrogen-bond donors (Lipinski definition) is 1. The number of para-hydroxylation sites is 1.